The molecular formula is C19H26N2O4. The lowest BCUT2D eigenvalue weighted by Crippen LogP contribution is -2.28. The van der Waals surface area contributed by atoms with Gasteiger partial charge in [0.1, 0.15) is 5.75 Å². The van der Waals surface area contributed by atoms with Crippen LogP contribution in [0.5, 0.6) is 5.75 Å². The van der Waals surface area contributed by atoms with Crippen LogP contribution in [0.1, 0.15) is 67.9 Å². The van der Waals surface area contributed by atoms with Crippen LogP contribution in [-0.2, 0) is 0 Å². The molecule has 1 aromatic heterocycles. The van der Waals surface area contributed by atoms with Gasteiger partial charge in [-0.15, -0.1) is 0 Å². The normalized spacial score (nSPS) is 13.5. The smallest absolute Gasteiger partial charge is 0.290 e. The average molecular weight is 346 g/mol. The molecule has 2 aromatic rings. The first-order valence-corrected chi connectivity index (χ1v) is 8.60. The molecule has 6 nitrogen and oxygen atoms in total. The number of nitrogens with zero attached hydrogens (tertiary/aromatic N) is 1. The lowest BCUT2D eigenvalue weighted by molar-refractivity contribution is 0.0880. The van der Waals surface area contributed by atoms with Crippen molar-refractivity contribution in [2.75, 3.05) is 6.54 Å². The van der Waals surface area contributed by atoms with E-state index in [9.17, 15) is 9.90 Å². The van der Waals surface area contributed by atoms with Crippen molar-refractivity contribution in [2.45, 2.75) is 52.2 Å². The number of aromatic nitrogens is 1. The maximum Gasteiger partial charge on any atom is 0.290 e. The molecule has 2 N–H and O–H groups in total. The number of benzene rings is 1. The number of carbonyl (C=O) groups excluding carboxylic acids is 1. The SMILES string of the molecule is CCC(C)c1cc(C(=O)NCC(O)c2cccc(OC(C)C)c2)on1. The van der Waals surface area contributed by atoms with Crippen molar-refractivity contribution in [2.24, 2.45) is 0 Å². The number of ether oxygens (including phenoxy) is 1. The predicted molar refractivity (Wildman–Crippen MR) is 94.7 cm³/mol. The summed E-state index contributed by atoms with van der Waals surface area (Å²) in [5, 5.41) is 16.9. The van der Waals surface area contributed by atoms with Gasteiger partial charge in [0.05, 0.1) is 17.9 Å². The van der Waals surface area contributed by atoms with Gasteiger partial charge in [0, 0.05) is 18.5 Å². The molecule has 1 heterocycles. The topological polar surface area (TPSA) is 84.6 Å². The minimum Gasteiger partial charge on any atom is -0.491 e. The summed E-state index contributed by atoms with van der Waals surface area (Å²) in [6, 6.07) is 8.85. The third-order valence-electron chi connectivity index (χ3n) is 3.94. The number of hydrogen-bond acceptors (Lipinski definition) is 5. The van der Waals surface area contributed by atoms with E-state index in [0.29, 0.717) is 11.3 Å². The average Bonchev–Trinajstić information content (AvgIpc) is 3.08. The Bertz CT molecular complexity index is 696. The van der Waals surface area contributed by atoms with E-state index in [1.807, 2.05) is 39.8 Å². The Labute approximate surface area is 148 Å². The van der Waals surface area contributed by atoms with Crippen molar-refractivity contribution in [1.82, 2.24) is 10.5 Å². The zero-order valence-electron chi connectivity index (χ0n) is 15.2. The molecule has 0 spiro atoms. The van der Waals surface area contributed by atoms with Crippen molar-refractivity contribution in [3.8, 4) is 5.75 Å². The van der Waals surface area contributed by atoms with Crippen LogP contribution in [0.25, 0.3) is 0 Å². The van der Waals surface area contributed by atoms with Gasteiger partial charge in [0.2, 0.25) is 5.76 Å². The van der Waals surface area contributed by atoms with Crippen LogP contribution in [0, 0.1) is 0 Å². The monoisotopic (exact) mass is 346 g/mol. The van der Waals surface area contributed by atoms with Crippen LogP contribution >= 0.6 is 0 Å². The minimum absolute atomic E-state index is 0.0539. The fourth-order valence-corrected chi connectivity index (χ4v) is 2.30. The van der Waals surface area contributed by atoms with E-state index in [0.717, 1.165) is 12.1 Å². The highest BCUT2D eigenvalue weighted by molar-refractivity contribution is 5.91. The van der Waals surface area contributed by atoms with Crippen LogP contribution in [0.3, 0.4) is 0 Å². The zero-order chi connectivity index (χ0) is 18.4. The van der Waals surface area contributed by atoms with Crippen LogP contribution < -0.4 is 10.1 Å². The quantitative estimate of drug-likeness (QED) is 0.765. The maximum atomic E-state index is 12.1. The minimum atomic E-state index is -0.836. The van der Waals surface area contributed by atoms with Crippen molar-refractivity contribution in [3.63, 3.8) is 0 Å². The van der Waals surface area contributed by atoms with E-state index in [-0.39, 0.29) is 24.3 Å². The Kier molecular flexibility index (Phi) is 6.58. The van der Waals surface area contributed by atoms with Gasteiger partial charge in [-0.25, -0.2) is 0 Å². The molecule has 2 atom stereocenters. The number of rotatable bonds is 8. The number of nitrogens with one attached hydrogen (secondary N) is 1. The molecule has 0 bridgehead atoms. The molecule has 0 saturated carbocycles. The molecule has 136 valence electrons. The maximum absolute atomic E-state index is 12.1. The summed E-state index contributed by atoms with van der Waals surface area (Å²) in [5.74, 6) is 0.681. The van der Waals surface area contributed by atoms with Crippen LogP contribution in [0.4, 0.5) is 0 Å². The van der Waals surface area contributed by atoms with Crippen molar-refractivity contribution >= 4 is 5.91 Å². The van der Waals surface area contributed by atoms with Gasteiger partial charge in [-0.05, 0) is 38.0 Å². The molecule has 25 heavy (non-hydrogen) atoms. The summed E-state index contributed by atoms with van der Waals surface area (Å²) in [6.45, 7) is 8.02. The van der Waals surface area contributed by atoms with Crippen molar-refractivity contribution < 1.29 is 19.2 Å². The number of carbonyl (C=O) groups is 1. The molecule has 1 aromatic carbocycles. The molecule has 0 aliphatic carbocycles. The number of aliphatic hydroxyl groups excluding tert-OH is 1. The number of hydrogen-bond donors (Lipinski definition) is 2. The Hall–Kier alpha value is -2.34. The van der Waals surface area contributed by atoms with Gasteiger partial charge in [-0.3, -0.25) is 4.79 Å². The molecule has 2 unspecified atom stereocenters. The third kappa shape index (κ3) is 5.32. The summed E-state index contributed by atoms with van der Waals surface area (Å²) in [5.41, 5.74) is 1.43. The van der Waals surface area contributed by atoms with Crippen molar-refractivity contribution in [1.29, 1.82) is 0 Å². The lowest BCUT2D eigenvalue weighted by Gasteiger charge is -2.14. The third-order valence-corrected chi connectivity index (χ3v) is 3.94. The van der Waals surface area contributed by atoms with Gasteiger partial charge in [-0.2, -0.15) is 0 Å². The van der Waals surface area contributed by atoms with Crippen LogP contribution in [0.15, 0.2) is 34.9 Å². The highest BCUT2D eigenvalue weighted by Crippen LogP contribution is 2.21. The Morgan fingerprint density at radius 3 is 2.76 bits per heavy atom. The molecule has 1 amide bonds. The molecule has 0 saturated heterocycles. The van der Waals surface area contributed by atoms with Gasteiger partial charge in [0.25, 0.3) is 5.91 Å². The van der Waals surface area contributed by atoms with E-state index < -0.39 is 12.0 Å². The standard InChI is InChI=1S/C19H26N2O4/c1-5-13(4)16-10-18(25-21-16)19(23)20-11-17(22)14-7-6-8-15(9-14)24-12(2)3/h6-10,12-13,17,22H,5,11H2,1-4H3,(H,20,23). The number of aliphatic hydroxyl groups is 1. The predicted octanol–water partition coefficient (Wildman–Crippen LogP) is 3.44. The van der Waals surface area contributed by atoms with E-state index in [4.69, 9.17) is 9.26 Å². The van der Waals surface area contributed by atoms with Gasteiger partial charge < -0.3 is 19.7 Å². The highest BCUT2D eigenvalue weighted by Gasteiger charge is 2.17. The van der Waals surface area contributed by atoms with Crippen molar-refractivity contribution in [3.05, 3.63) is 47.3 Å². The first-order valence-electron chi connectivity index (χ1n) is 8.60. The summed E-state index contributed by atoms with van der Waals surface area (Å²) in [6.07, 6.45) is 0.135. The fraction of sp³-hybridized carbons (Fsp3) is 0.474. The molecule has 0 aliphatic heterocycles. The second kappa shape index (κ2) is 8.67. The molecule has 2 rings (SSSR count). The molecule has 0 fully saturated rings. The van der Waals surface area contributed by atoms with E-state index in [1.54, 1.807) is 18.2 Å². The summed E-state index contributed by atoms with van der Waals surface area (Å²) >= 11 is 0. The summed E-state index contributed by atoms with van der Waals surface area (Å²) in [4.78, 5) is 12.1. The molecule has 0 radical (unpaired) electrons. The first-order chi connectivity index (χ1) is 11.9. The van der Waals surface area contributed by atoms with Crippen LogP contribution in [0.2, 0.25) is 0 Å². The molecular weight excluding hydrogens is 320 g/mol. The Balaban J connectivity index is 1.94. The second-order valence-corrected chi connectivity index (χ2v) is 6.39. The molecule has 6 heteroatoms. The largest absolute Gasteiger partial charge is 0.491 e. The molecule has 0 aliphatic rings. The van der Waals surface area contributed by atoms with Crippen LogP contribution in [-0.4, -0.2) is 28.8 Å². The summed E-state index contributed by atoms with van der Waals surface area (Å²) < 4.78 is 10.7. The van der Waals surface area contributed by atoms with Gasteiger partial charge in [0.15, 0.2) is 0 Å². The van der Waals surface area contributed by atoms with Gasteiger partial charge in [-0.1, -0.05) is 31.1 Å². The fourth-order valence-electron chi connectivity index (χ4n) is 2.30. The van der Waals surface area contributed by atoms with E-state index >= 15 is 0 Å². The van der Waals surface area contributed by atoms with E-state index in [1.165, 1.54) is 0 Å². The summed E-state index contributed by atoms with van der Waals surface area (Å²) in [7, 11) is 0. The first kappa shape index (κ1) is 19.0. The Morgan fingerprint density at radius 1 is 1.32 bits per heavy atom. The Morgan fingerprint density at radius 2 is 2.08 bits per heavy atom. The zero-order valence-corrected chi connectivity index (χ0v) is 15.2. The lowest BCUT2D eigenvalue weighted by atomic mass is 10.1. The van der Waals surface area contributed by atoms with E-state index in [2.05, 4.69) is 10.5 Å². The second-order valence-electron chi connectivity index (χ2n) is 6.39. The van der Waals surface area contributed by atoms with Gasteiger partial charge >= 0.3 is 0 Å². The highest BCUT2D eigenvalue weighted by atomic mass is 16.5. The number of amides is 1.